The van der Waals surface area contributed by atoms with Crippen LogP contribution in [0.5, 0.6) is 5.75 Å². The minimum atomic E-state index is -6.13. The number of alkyl halides is 24. The highest BCUT2D eigenvalue weighted by Crippen LogP contribution is 2.41. The van der Waals surface area contributed by atoms with Gasteiger partial charge in [0.15, 0.2) is 6.20 Å². The number of pyridine rings is 1. The number of aromatic hydroxyl groups is 1. The van der Waals surface area contributed by atoms with Crippen LogP contribution < -0.4 is 26.4 Å². The first kappa shape index (κ1) is 58.8. The van der Waals surface area contributed by atoms with Crippen LogP contribution in [-0.4, -0.2) is 17.0 Å². The van der Waals surface area contributed by atoms with Gasteiger partial charge in [-0.1, -0.05) is 78.9 Å². The summed E-state index contributed by atoms with van der Waals surface area (Å²) in [5, 5.41) is 10.4. The van der Waals surface area contributed by atoms with Crippen LogP contribution in [0.4, 0.5) is 105 Å². The number of phenols is 1. The fraction of sp³-hybridized carbons (Fsp3) is 0.184. The van der Waals surface area contributed by atoms with E-state index in [1.807, 2.05) is 59.3 Å². The number of hydrogen-bond acceptors (Lipinski definition) is 2. The van der Waals surface area contributed by atoms with Crippen LogP contribution >= 0.6 is 0 Å². The maximum atomic E-state index is 14.2. The number of phenolic OH excluding ortho intramolecular Hbond substituents is 1. The molecule has 410 valence electrons. The number of carbonyl (C=O) groups excluding carboxylic acids is 1. The van der Waals surface area contributed by atoms with Crippen molar-refractivity contribution in [2.24, 2.45) is 0 Å². The average molecular weight is 1130 g/mol. The van der Waals surface area contributed by atoms with Gasteiger partial charge in [0, 0.05) is 17.7 Å². The van der Waals surface area contributed by atoms with Crippen molar-refractivity contribution in [1.29, 1.82) is 0 Å². The second-order valence-corrected chi connectivity index (χ2v) is 16.9. The fourth-order valence-electron chi connectivity index (χ4n) is 8.35. The van der Waals surface area contributed by atoms with Gasteiger partial charge >= 0.3 is 49.4 Å². The number of benzene rings is 6. The Kier molecular flexibility index (Phi) is 15.4. The molecular weight excluding hydrogens is 1100 g/mol. The first-order chi connectivity index (χ1) is 35.0. The highest BCUT2D eigenvalue weighted by atomic mass is 19.4. The van der Waals surface area contributed by atoms with Crippen molar-refractivity contribution in [3.63, 3.8) is 0 Å². The number of halogens is 24. The van der Waals surface area contributed by atoms with Crippen LogP contribution in [0.2, 0.25) is 0 Å². The first-order valence-electron chi connectivity index (χ1n) is 21.1. The van der Waals surface area contributed by atoms with E-state index in [0.29, 0.717) is 5.56 Å². The van der Waals surface area contributed by atoms with E-state index in [1.165, 1.54) is 0 Å². The zero-order chi connectivity index (χ0) is 57.9. The van der Waals surface area contributed by atoms with Gasteiger partial charge in [0.1, 0.15) is 11.9 Å². The predicted molar refractivity (Wildman–Crippen MR) is 227 cm³/mol. The summed E-state index contributed by atoms with van der Waals surface area (Å²) in [4.78, 5) is 12.3. The molecule has 0 aliphatic carbocycles. The molecule has 0 radical (unpaired) electrons. The minimum absolute atomic E-state index is 0.0659. The number of nitrogens with zero attached hydrogens (tertiary/aromatic N) is 1. The topological polar surface area (TPSA) is 41.2 Å². The number of carbonyl (C=O) groups is 1. The predicted octanol–water partition coefficient (Wildman–Crippen LogP) is 13.9. The zero-order valence-corrected chi connectivity index (χ0v) is 37.4. The van der Waals surface area contributed by atoms with Gasteiger partial charge in [0.05, 0.1) is 49.9 Å². The summed E-state index contributed by atoms with van der Waals surface area (Å²) >= 11 is 0. The molecule has 7 rings (SSSR count). The summed E-state index contributed by atoms with van der Waals surface area (Å²) in [5.74, 6) is 0.292. The Morgan fingerprint density at radius 3 is 0.922 bits per heavy atom. The third-order valence-corrected chi connectivity index (χ3v) is 11.7. The number of fused-ring (bicyclic) bond motifs is 1. The highest BCUT2D eigenvalue weighted by molar-refractivity contribution is 7.20. The molecule has 3 nitrogen and oxygen atoms in total. The van der Waals surface area contributed by atoms with Gasteiger partial charge in [-0.2, -0.15) is 132 Å². The van der Waals surface area contributed by atoms with Crippen molar-refractivity contribution in [2.75, 3.05) is 0 Å². The van der Waals surface area contributed by atoms with Crippen LogP contribution in [0.3, 0.4) is 0 Å². The molecule has 0 bridgehead atoms. The molecule has 6 aromatic carbocycles. The fourth-order valence-corrected chi connectivity index (χ4v) is 8.35. The Balaban J connectivity index is 0.000000397. The van der Waals surface area contributed by atoms with Gasteiger partial charge in [0.2, 0.25) is 17.8 Å². The maximum absolute atomic E-state index is 14.2. The lowest BCUT2D eigenvalue weighted by Crippen LogP contribution is -2.75. The van der Waals surface area contributed by atoms with Crippen LogP contribution in [0, 0.1) is 0 Å². The number of rotatable bonds is 7. The number of Topliss-reactive ketones (excluding diaryl/α,β-unsaturated/α-hetero) is 1. The molecule has 7 aromatic rings. The Bertz CT molecular complexity index is 2870. The molecule has 0 atom stereocenters. The smallest absolute Gasteiger partial charge is 0.416 e. The Labute approximate surface area is 415 Å². The first-order valence-corrected chi connectivity index (χ1v) is 21.1. The Morgan fingerprint density at radius 2 is 0.649 bits per heavy atom. The number of hydrogen-bond donors (Lipinski definition) is 1. The lowest BCUT2D eigenvalue weighted by atomic mass is 9.12. The second kappa shape index (κ2) is 20.2. The van der Waals surface area contributed by atoms with Gasteiger partial charge in [0.25, 0.3) is 0 Å². The SMILES string of the molecule is FC(F)(F)c1cc([B-](c2cc(C(F)(F)F)cc(C(F)(F)F)c2)(c2cc(C(F)(F)F)cc(C(F)(F)F)c2)c2cc(C(F)(F)F)cc(C(F)(F)F)c2)cc(C(F)(F)F)c1.O=C(C[n+]1cccc2cc(O)ccc21)c1ccccc1. The van der Waals surface area contributed by atoms with E-state index >= 15 is 0 Å². The molecule has 0 fully saturated rings. The molecule has 0 saturated heterocycles. The van der Waals surface area contributed by atoms with E-state index < -0.39 is 195 Å². The molecule has 0 aliphatic heterocycles. The molecule has 1 N–H and O–H groups in total. The van der Waals surface area contributed by atoms with E-state index in [2.05, 4.69) is 0 Å². The van der Waals surface area contributed by atoms with Crippen LogP contribution in [0.15, 0.2) is 140 Å². The van der Waals surface area contributed by atoms with Crippen molar-refractivity contribution in [3.05, 3.63) is 190 Å². The van der Waals surface area contributed by atoms with Crippen molar-refractivity contribution >= 4 is 44.7 Å². The quantitative estimate of drug-likeness (QED) is 0.0748. The molecule has 0 aliphatic rings. The second-order valence-electron chi connectivity index (χ2n) is 16.9. The number of aromatic nitrogens is 1. The lowest BCUT2D eigenvalue weighted by Gasteiger charge is -2.46. The summed E-state index contributed by atoms with van der Waals surface area (Å²) < 4.78 is 343. The lowest BCUT2D eigenvalue weighted by molar-refractivity contribution is -0.657. The van der Waals surface area contributed by atoms with E-state index in [-0.39, 0.29) is 18.1 Å². The van der Waals surface area contributed by atoms with Crippen molar-refractivity contribution in [3.8, 4) is 5.75 Å². The van der Waals surface area contributed by atoms with Gasteiger partial charge in [-0.15, -0.1) is 0 Å². The Morgan fingerprint density at radius 1 is 0.364 bits per heavy atom. The van der Waals surface area contributed by atoms with Gasteiger partial charge in [-0.25, -0.2) is 0 Å². The molecule has 28 heteroatoms. The third kappa shape index (κ3) is 13.2. The molecule has 0 amide bonds. The summed E-state index contributed by atoms with van der Waals surface area (Å²) in [6.45, 7) is 0.284. The molecule has 0 saturated carbocycles. The van der Waals surface area contributed by atoms with Gasteiger partial charge in [-0.3, -0.25) is 4.79 Å². The molecule has 1 heterocycles. The monoisotopic (exact) mass is 1130 g/mol. The summed E-state index contributed by atoms with van der Waals surface area (Å²) in [6, 6.07) is 9.38. The standard InChI is InChI=1S/C32H12BF24.C17H13NO2/c34-25(35,36)13-1-14(26(37,38)39)6-21(5-13)33(22-7-15(27(40,41)42)2-16(8-22)28(43,44)45,23-9-17(29(46,47)48)3-18(10-23)30(49,50)51)24-11-19(31(52,53)54)4-20(12-24)32(55,56)57;19-15-8-9-16-14(11-15)7-4-10-18(16)12-17(20)13-5-2-1-3-6-13/h1-12H;1-11H,12H2/q-1;/p+1. The van der Waals surface area contributed by atoms with E-state index in [9.17, 15) is 115 Å². The highest BCUT2D eigenvalue weighted by Gasteiger charge is 2.47. The van der Waals surface area contributed by atoms with Crippen LogP contribution in [0.1, 0.15) is 54.9 Å². The van der Waals surface area contributed by atoms with Crippen LogP contribution in [-0.2, 0) is 56.0 Å². The van der Waals surface area contributed by atoms with E-state index in [1.54, 1.807) is 12.1 Å². The average Bonchev–Trinajstić information content (AvgIpc) is 3.29. The molecule has 0 unspecified atom stereocenters. The van der Waals surface area contributed by atoms with Gasteiger partial charge in [-0.05, 0) is 42.5 Å². The minimum Gasteiger partial charge on any atom is -0.508 e. The zero-order valence-electron chi connectivity index (χ0n) is 37.4. The Hall–Kier alpha value is -7.42. The summed E-state index contributed by atoms with van der Waals surface area (Å²) in [6.07, 6.45) is -52.9. The molecular formula is C49H26BF24NO2. The number of ketones is 1. The molecule has 77 heavy (non-hydrogen) atoms. The summed E-state index contributed by atoms with van der Waals surface area (Å²) in [5.41, 5.74) is -28.6. The maximum Gasteiger partial charge on any atom is 0.416 e. The van der Waals surface area contributed by atoms with Gasteiger partial charge < -0.3 is 5.11 Å². The van der Waals surface area contributed by atoms with Crippen LogP contribution in [0.25, 0.3) is 10.9 Å². The van der Waals surface area contributed by atoms with Crippen molar-refractivity contribution in [1.82, 2.24) is 0 Å². The molecule has 0 spiro atoms. The largest absolute Gasteiger partial charge is 0.508 e. The van der Waals surface area contributed by atoms with Crippen molar-refractivity contribution in [2.45, 2.75) is 56.0 Å². The summed E-state index contributed by atoms with van der Waals surface area (Å²) in [7, 11) is 0. The molecule has 1 aromatic heterocycles. The normalized spacial score (nSPS) is 13.4. The third-order valence-electron chi connectivity index (χ3n) is 11.7. The van der Waals surface area contributed by atoms with Crippen molar-refractivity contribution < 1.29 is 120 Å². The van der Waals surface area contributed by atoms with E-state index in [0.717, 1.165) is 10.9 Å². The van der Waals surface area contributed by atoms with E-state index in [4.69, 9.17) is 0 Å².